The minimum absolute atomic E-state index is 0.0964. The van der Waals surface area contributed by atoms with Gasteiger partial charge in [0, 0.05) is 13.7 Å². The van der Waals surface area contributed by atoms with Crippen molar-refractivity contribution < 1.29 is 17.7 Å². The maximum Gasteiger partial charge on any atom is 0.264 e. The number of rotatable bonds is 11. The van der Waals surface area contributed by atoms with Gasteiger partial charge in [-0.15, -0.1) is 0 Å². The van der Waals surface area contributed by atoms with Gasteiger partial charge in [0.25, 0.3) is 10.1 Å². The van der Waals surface area contributed by atoms with Gasteiger partial charge >= 0.3 is 0 Å². The number of methoxy groups -OCH3 is 1. The summed E-state index contributed by atoms with van der Waals surface area (Å²) in [5.74, 6) is -0.0964. The third-order valence-corrected chi connectivity index (χ3v) is 3.31. The lowest BCUT2D eigenvalue weighted by atomic mass is 10.1. The molecule has 0 heterocycles. The fourth-order valence-electron chi connectivity index (χ4n) is 1.59. The highest BCUT2D eigenvalue weighted by Gasteiger charge is 2.02. The smallest absolute Gasteiger partial charge is 0.264 e. The first-order valence-electron chi connectivity index (χ1n) is 6.00. The van der Waals surface area contributed by atoms with E-state index in [1.807, 2.05) is 0 Å². The molecule has 0 bridgehead atoms. The van der Waals surface area contributed by atoms with Crippen LogP contribution in [0.25, 0.3) is 0 Å². The standard InChI is InChI=1S/C11H24O4S/c1-15-10-8-6-4-2-3-5-7-9-11-16(12,13)14/h2-11H2,1H3,(H,12,13,14). The Morgan fingerprint density at radius 1 is 0.875 bits per heavy atom. The molecule has 0 saturated carbocycles. The van der Waals surface area contributed by atoms with Crippen molar-refractivity contribution in [2.45, 2.75) is 51.4 Å². The van der Waals surface area contributed by atoms with Crippen molar-refractivity contribution in [2.75, 3.05) is 19.5 Å². The van der Waals surface area contributed by atoms with Crippen LogP contribution in [-0.4, -0.2) is 32.4 Å². The second kappa shape index (κ2) is 10.1. The predicted octanol–water partition coefficient (Wildman–Crippen LogP) is 2.64. The van der Waals surface area contributed by atoms with Crippen molar-refractivity contribution in [2.24, 2.45) is 0 Å². The highest BCUT2D eigenvalue weighted by molar-refractivity contribution is 7.85. The lowest BCUT2D eigenvalue weighted by Crippen LogP contribution is -2.03. The van der Waals surface area contributed by atoms with Crippen LogP contribution in [0.15, 0.2) is 0 Å². The zero-order valence-electron chi connectivity index (χ0n) is 10.2. The fraction of sp³-hybridized carbons (Fsp3) is 1.00. The summed E-state index contributed by atoms with van der Waals surface area (Å²) in [7, 11) is -2.03. The molecule has 16 heavy (non-hydrogen) atoms. The van der Waals surface area contributed by atoms with Gasteiger partial charge in [0.05, 0.1) is 5.75 Å². The van der Waals surface area contributed by atoms with Crippen LogP contribution in [0.5, 0.6) is 0 Å². The maximum absolute atomic E-state index is 10.4. The molecule has 98 valence electrons. The summed E-state index contributed by atoms with van der Waals surface area (Å²) >= 11 is 0. The summed E-state index contributed by atoms with van der Waals surface area (Å²) in [6.45, 7) is 0.842. The molecule has 0 fully saturated rings. The van der Waals surface area contributed by atoms with Gasteiger partial charge in [0.1, 0.15) is 0 Å². The lowest BCUT2D eigenvalue weighted by Gasteiger charge is -2.01. The van der Waals surface area contributed by atoms with E-state index in [4.69, 9.17) is 9.29 Å². The Morgan fingerprint density at radius 3 is 1.75 bits per heavy atom. The van der Waals surface area contributed by atoms with Gasteiger partial charge < -0.3 is 4.74 Å². The largest absolute Gasteiger partial charge is 0.385 e. The second-order valence-corrected chi connectivity index (χ2v) is 5.68. The van der Waals surface area contributed by atoms with Gasteiger partial charge in [-0.25, -0.2) is 0 Å². The van der Waals surface area contributed by atoms with E-state index in [-0.39, 0.29) is 5.75 Å². The van der Waals surface area contributed by atoms with E-state index in [0.717, 1.165) is 32.3 Å². The van der Waals surface area contributed by atoms with Gasteiger partial charge in [-0.2, -0.15) is 8.42 Å². The number of hydrogen-bond donors (Lipinski definition) is 1. The minimum Gasteiger partial charge on any atom is -0.385 e. The maximum atomic E-state index is 10.4. The summed E-state index contributed by atoms with van der Waals surface area (Å²) in [5, 5.41) is 0. The third kappa shape index (κ3) is 13.9. The Labute approximate surface area is 99.1 Å². The number of ether oxygens (including phenoxy) is 1. The molecule has 0 atom stereocenters. The first-order valence-corrected chi connectivity index (χ1v) is 7.61. The van der Waals surface area contributed by atoms with Crippen molar-refractivity contribution >= 4 is 10.1 Å². The van der Waals surface area contributed by atoms with Crippen LogP contribution in [0.3, 0.4) is 0 Å². The molecule has 5 heteroatoms. The molecule has 1 N–H and O–H groups in total. The SMILES string of the molecule is COCCCCCCCCCCS(=O)(=O)O. The van der Waals surface area contributed by atoms with Crippen LogP contribution in [0.4, 0.5) is 0 Å². The molecule has 4 nitrogen and oxygen atoms in total. The highest BCUT2D eigenvalue weighted by atomic mass is 32.2. The van der Waals surface area contributed by atoms with Crippen LogP contribution in [-0.2, 0) is 14.9 Å². The van der Waals surface area contributed by atoms with E-state index in [2.05, 4.69) is 0 Å². The molecule has 0 aromatic rings. The van der Waals surface area contributed by atoms with Gasteiger partial charge in [0.2, 0.25) is 0 Å². The molecule has 0 unspecified atom stereocenters. The van der Waals surface area contributed by atoms with Crippen molar-refractivity contribution in [3.8, 4) is 0 Å². The molecule has 0 spiro atoms. The molecule has 0 aromatic carbocycles. The summed E-state index contributed by atoms with van der Waals surface area (Å²) in [6.07, 6.45) is 8.42. The molecular weight excluding hydrogens is 228 g/mol. The quantitative estimate of drug-likeness (QED) is 0.453. The molecule has 0 amide bonds. The van der Waals surface area contributed by atoms with Crippen LogP contribution in [0.1, 0.15) is 51.4 Å². The fourth-order valence-corrected chi connectivity index (χ4v) is 2.16. The van der Waals surface area contributed by atoms with Gasteiger partial charge in [-0.1, -0.05) is 38.5 Å². The van der Waals surface area contributed by atoms with Gasteiger partial charge in [-0.3, -0.25) is 4.55 Å². The molecule has 0 aliphatic carbocycles. The molecule has 0 aliphatic heterocycles. The Kier molecular flexibility index (Phi) is 9.97. The highest BCUT2D eigenvalue weighted by Crippen LogP contribution is 2.09. The summed E-state index contributed by atoms with van der Waals surface area (Å²) in [6, 6.07) is 0. The van der Waals surface area contributed by atoms with Crippen LogP contribution in [0.2, 0.25) is 0 Å². The van der Waals surface area contributed by atoms with Crippen LogP contribution >= 0.6 is 0 Å². The average Bonchev–Trinajstić information content (AvgIpc) is 2.19. The van der Waals surface area contributed by atoms with Gasteiger partial charge in [-0.05, 0) is 12.8 Å². The molecule has 0 saturated heterocycles. The first-order chi connectivity index (χ1) is 7.56. The molecule has 0 radical (unpaired) electrons. The molecule has 0 aromatic heterocycles. The van der Waals surface area contributed by atoms with Crippen molar-refractivity contribution in [3.05, 3.63) is 0 Å². The summed E-state index contributed by atoms with van der Waals surface area (Å²) in [4.78, 5) is 0. The van der Waals surface area contributed by atoms with Crippen molar-refractivity contribution in [3.63, 3.8) is 0 Å². The third-order valence-electron chi connectivity index (χ3n) is 2.50. The number of hydrogen-bond acceptors (Lipinski definition) is 3. The monoisotopic (exact) mass is 252 g/mol. The Morgan fingerprint density at radius 2 is 1.31 bits per heavy atom. The average molecular weight is 252 g/mol. The molecule has 0 aliphatic rings. The zero-order chi connectivity index (χ0) is 12.3. The Hall–Kier alpha value is -0.130. The summed E-state index contributed by atoms with van der Waals surface area (Å²) < 4.78 is 34.3. The molecular formula is C11H24O4S. The topological polar surface area (TPSA) is 63.6 Å². The number of unbranched alkanes of at least 4 members (excludes halogenated alkanes) is 7. The van der Waals surface area contributed by atoms with E-state index in [1.54, 1.807) is 7.11 Å². The predicted molar refractivity (Wildman–Crippen MR) is 65.2 cm³/mol. The molecule has 0 rings (SSSR count). The van der Waals surface area contributed by atoms with Crippen molar-refractivity contribution in [1.82, 2.24) is 0 Å². The second-order valence-electron chi connectivity index (χ2n) is 4.11. The van der Waals surface area contributed by atoms with E-state index >= 15 is 0 Å². The van der Waals surface area contributed by atoms with E-state index in [1.165, 1.54) is 19.3 Å². The summed E-state index contributed by atoms with van der Waals surface area (Å²) in [5.41, 5.74) is 0. The lowest BCUT2D eigenvalue weighted by molar-refractivity contribution is 0.192. The normalized spacial score (nSPS) is 11.9. The first kappa shape index (κ1) is 15.9. The minimum atomic E-state index is -3.75. The van der Waals surface area contributed by atoms with Crippen LogP contribution < -0.4 is 0 Å². The Balaban J connectivity index is 3.05. The zero-order valence-corrected chi connectivity index (χ0v) is 11.0. The van der Waals surface area contributed by atoms with Crippen LogP contribution in [0, 0.1) is 0 Å². The van der Waals surface area contributed by atoms with Crippen molar-refractivity contribution in [1.29, 1.82) is 0 Å². The van der Waals surface area contributed by atoms with Gasteiger partial charge in [0.15, 0.2) is 0 Å². The van der Waals surface area contributed by atoms with E-state index < -0.39 is 10.1 Å². The Bertz CT molecular complexity index is 236. The van der Waals surface area contributed by atoms with E-state index in [0.29, 0.717) is 6.42 Å². The van der Waals surface area contributed by atoms with E-state index in [9.17, 15) is 8.42 Å².